The van der Waals surface area contributed by atoms with Gasteiger partial charge in [-0.25, -0.2) is 4.79 Å². The van der Waals surface area contributed by atoms with E-state index in [9.17, 15) is 9.59 Å². The van der Waals surface area contributed by atoms with Crippen LogP contribution >= 0.6 is 0 Å². The third kappa shape index (κ3) is 2.32. The number of ether oxygens (including phenoxy) is 2. The number of amidine groups is 1. The summed E-state index contributed by atoms with van der Waals surface area (Å²) in [6.45, 7) is 1.24. The molecule has 0 radical (unpaired) electrons. The molecule has 146 valence electrons. The Kier molecular flexibility index (Phi) is 3.29. The Balaban J connectivity index is 1.20. The van der Waals surface area contributed by atoms with Crippen LogP contribution in [0.4, 0.5) is 0 Å². The molecule has 1 amide bonds. The highest BCUT2D eigenvalue weighted by molar-refractivity contribution is 6.02. The lowest BCUT2D eigenvalue weighted by Gasteiger charge is -2.39. The second kappa shape index (κ2) is 5.69. The van der Waals surface area contributed by atoms with Gasteiger partial charge in [-0.15, -0.1) is 0 Å². The van der Waals surface area contributed by atoms with Crippen LogP contribution in [0.15, 0.2) is 53.5 Å². The van der Waals surface area contributed by atoms with Gasteiger partial charge in [0, 0.05) is 44.3 Å². The van der Waals surface area contributed by atoms with Crippen LogP contribution in [0, 0.1) is 0 Å². The van der Waals surface area contributed by atoms with E-state index in [2.05, 4.69) is 17.1 Å². The Morgan fingerprint density at radius 3 is 2.21 bits per heavy atom. The molecule has 0 unspecified atom stereocenters. The standard InChI is InChI=1S/C23H20N2O4/c26-19-17-7-3-4-8-18(17)22(28-19)9-11-25(12-10-22)21-24-20(27)23(29-21)13-15-5-1-2-6-16(15)14-23/h1-8H,9-14H2. The molecule has 2 spiro atoms. The van der Waals surface area contributed by atoms with Gasteiger partial charge in [0.25, 0.3) is 11.9 Å². The maximum atomic E-state index is 12.8. The van der Waals surface area contributed by atoms with Crippen LogP contribution in [-0.4, -0.2) is 41.5 Å². The van der Waals surface area contributed by atoms with E-state index in [1.807, 2.05) is 41.3 Å². The van der Waals surface area contributed by atoms with Gasteiger partial charge in [-0.1, -0.05) is 42.5 Å². The van der Waals surface area contributed by atoms with E-state index in [1.165, 1.54) is 0 Å². The molecule has 6 rings (SSSR count). The highest BCUT2D eigenvalue weighted by Gasteiger charge is 2.53. The van der Waals surface area contributed by atoms with Gasteiger partial charge in [-0.3, -0.25) is 4.79 Å². The number of hydrogen-bond donors (Lipinski definition) is 0. The van der Waals surface area contributed by atoms with Gasteiger partial charge in [0.1, 0.15) is 5.60 Å². The first-order valence-electron chi connectivity index (χ1n) is 10.1. The number of amides is 1. The fraction of sp³-hybridized carbons (Fsp3) is 0.348. The Morgan fingerprint density at radius 2 is 1.48 bits per heavy atom. The summed E-state index contributed by atoms with van der Waals surface area (Å²) in [5.74, 6) is -0.442. The highest BCUT2D eigenvalue weighted by Crippen LogP contribution is 2.45. The minimum absolute atomic E-state index is 0.193. The van der Waals surface area contributed by atoms with Gasteiger partial charge >= 0.3 is 5.97 Å². The Bertz CT molecular complexity index is 1060. The minimum atomic E-state index is -0.888. The van der Waals surface area contributed by atoms with Crippen molar-refractivity contribution in [2.24, 2.45) is 4.99 Å². The average molecular weight is 388 g/mol. The molecule has 3 heterocycles. The van der Waals surface area contributed by atoms with Gasteiger partial charge < -0.3 is 14.4 Å². The predicted octanol–water partition coefficient (Wildman–Crippen LogP) is 2.60. The molecule has 0 aromatic heterocycles. The normalized spacial score (nSPS) is 23.0. The number of piperidine rings is 1. The lowest BCUT2D eigenvalue weighted by atomic mass is 9.84. The largest absolute Gasteiger partial charge is 0.450 e. The third-order valence-corrected chi connectivity index (χ3v) is 6.71. The smallest absolute Gasteiger partial charge is 0.339 e. The SMILES string of the molecule is O=C1OC2(CCN(C3=NC(=O)C4(Cc5ccccc5C4)O3)CC2)c2ccccc21. The van der Waals surface area contributed by atoms with E-state index in [0.29, 0.717) is 50.4 Å². The average Bonchev–Trinajstić information content (AvgIpc) is 3.36. The summed E-state index contributed by atoms with van der Waals surface area (Å²) in [5, 5.41) is 0. The van der Waals surface area contributed by atoms with E-state index in [0.717, 1.165) is 16.7 Å². The monoisotopic (exact) mass is 388 g/mol. The van der Waals surface area contributed by atoms with Crippen LogP contribution in [0.25, 0.3) is 0 Å². The van der Waals surface area contributed by atoms with Crippen LogP contribution < -0.4 is 0 Å². The summed E-state index contributed by atoms with van der Waals surface area (Å²) >= 11 is 0. The molecule has 3 aliphatic heterocycles. The molecule has 1 saturated heterocycles. The molecular formula is C23H20N2O4. The number of fused-ring (bicyclic) bond motifs is 3. The number of carbonyl (C=O) groups is 2. The number of likely N-dealkylation sites (tertiary alicyclic amines) is 1. The molecule has 1 fully saturated rings. The fourth-order valence-electron chi connectivity index (χ4n) is 5.15. The molecule has 6 heteroatoms. The van der Waals surface area contributed by atoms with Crippen LogP contribution in [-0.2, 0) is 32.7 Å². The highest BCUT2D eigenvalue weighted by atomic mass is 16.6. The first-order valence-corrected chi connectivity index (χ1v) is 10.1. The molecule has 0 bridgehead atoms. The zero-order chi connectivity index (χ0) is 19.6. The van der Waals surface area contributed by atoms with Crippen molar-refractivity contribution < 1.29 is 19.1 Å². The fourth-order valence-corrected chi connectivity index (χ4v) is 5.15. The molecule has 0 N–H and O–H groups in total. The molecule has 2 aromatic rings. The lowest BCUT2D eigenvalue weighted by molar-refractivity contribution is -0.130. The summed E-state index contributed by atoms with van der Waals surface area (Å²) in [6.07, 6.45) is 2.44. The Hall–Kier alpha value is -3.15. The molecular weight excluding hydrogens is 368 g/mol. The first kappa shape index (κ1) is 16.8. The van der Waals surface area contributed by atoms with Crippen LogP contribution in [0.1, 0.15) is 39.9 Å². The van der Waals surface area contributed by atoms with E-state index in [-0.39, 0.29) is 11.9 Å². The van der Waals surface area contributed by atoms with Crippen molar-refractivity contribution >= 4 is 17.9 Å². The van der Waals surface area contributed by atoms with Crippen molar-refractivity contribution in [3.8, 4) is 0 Å². The maximum Gasteiger partial charge on any atom is 0.339 e. The zero-order valence-electron chi connectivity index (χ0n) is 15.9. The van der Waals surface area contributed by atoms with Gasteiger partial charge in [0.05, 0.1) is 5.56 Å². The number of hydrogen-bond acceptors (Lipinski definition) is 5. The molecule has 1 aliphatic carbocycles. The molecule has 4 aliphatic rings. The van der Waals surface area contributed by atoms with Crippen LogP contribution in [0.5, 0.6) is 0 Å². The van der Waals surface area contributed by atoms with Gasteiger partial charge in [0.15, 0.2) is 0 Å². The number of carbonyl (C=O) groups excluding carboxylic acids is 2. The summed E-state index contributed by atoms with van der Waals surface area (Å²) in [6, 6.07) is 16.1. The number of esters is 1. The topological polar surface area (TPSA) is 68.2 Å². The van der Waals surface area contributed by atoms with Crippen molar-refractivity contribution in [3.63, 3.8) is 0 Å². The lowest BCUT2D eigenvalue weighted by Crippen LogP contribution is -2.47. The second-order valence-corrected chi connectivity index (χ2v) is 8.33. The van der Waals surface area contributed by atoms with E-state index in [1.54, 1.807) is 0 Å². The summed E-state index contributed by atoms with van der Waals surface area (Å²) in [7, 11) is 0. The van der Waals surface area contributed by atoms with Crippen molar-refractivity contribution in [2.45, 2.75) is 36.9 Å². The van der Waals surface area contributed by atoms with E-state index < -0.39 is 11.2 Å². The van der Waals surface area contributed by atoms with E-state index in [4.69, 9.17) is 9.47 Å². The first-order chi connectivity index (χ1) is 14.1. The van der Waals surface area contributed by atoms with Crippen molar-refractivity contribution in [1.29, 1.82) is 0 Å². The van der Waals surface area contributed by atoms with E-state index >= 15 is 0 Å². The van der Waals surface area contributed by atoms with Crippen LogP contribution in [0.2, 0.25) is 0 Å². The molecule has 29 heavy (non-hydrogen) atoms. The summed E-state index contributed by atoms with van der Waals surface area (Å²) in [5.41, 5.74) is 2.48. The number of nitrogens with zero attached hydrogens (tertiary/aromatic N) is 2. The predicted molar refractivity (Wildman–Crippen MR) is 104 cm³/mol. The van der Waals surface area contributed by atoms with Gasteiger partial charge in [0.2, 0.25) is 5.60 Å². The Morgan fingerprint density at radius 1 is 0.828 bits per heavy atom. The minimum Gasteiger partial charge on any atom is -0.450 e. The Labute approximate surface area is 168 Å². The van der Waals surface area contributed by atoms with Gasteiger partial charge in [-0.05, 0) is 17.2 Å². The molecule has 2 aromatic carbocycles. The second-order valence-electron chi connectivity index (χ2n) is 8.33. The van der Waals surface area contributed by atoms with Crippen molar-refractivity contribution in [1.82, 2.24) is 4.90 Å². The third-order valence-electron chi connectivity index (χ3n) is 6.71. The zero-order valence-corrected chi connectivity index (χ0v) is 15.9. The quantitative estimate of drug-likeness (QED) is 0.649. The summed E-state index contributed by atoms with van der Waals surface area (Å²) in [4.78, 5) is 31.3. The van der Waals surface area contributed by atoms with Gasteiger partial charge in [-0.2, -0.15) is 4.99 Å². The molecule has 0 saturated carbocycles. The summed E-state index contributed by atoms with van der Waals surface area (Å²) < 4.78 is 12.0. The molecule has 0 atom stereocenters. The van der Waals surface area contributed by atoms with Crippen LogP contribution in [0.3, 0.4) is 0 Å². The van der Waals surface area contributed by atoms with Crippen molar-refractivity contribution in [3.05, 3.63) is 70.8 Å². The number of rotatable bonds is 0. The molecule has 6 nitrogen and oxygen atoms in total. The van der Waals surface area contributed by atoms with Crippen molar-refractivity contribution in [2.75, 3.05) is 13.1 Å². The number of aliphatic imine (C=N–C) groups is 1. The number of benzene rings is 2. The maximum absolute atomic E-state index is 12.8.